The molecule has 2 heterocycles. The number of aryl methyl sites for hydroxylation is 1. The molecule has 0 saturated heterocycles. The fraction of sp³-hybridized carbons (Fsp3) is 0.174. The number of thiophene rings is 1. The molecular formula is C23H21N3O3S2. The average Bonchev–Trinajstić information content (AvgIpc) is 3.20. The Balaban J connectivity index is 1.55. The fourth-order valence-electron chi connectivity index (χ4n) is 3.14. The molecule has 6 nitrogen and oxygen atoms in total. The second kappa shape index (κ2) is 8.95. The SMILES string of the molecule is COc1ccc(C)cc1NC(=O)CSc1nc2cc(-c3ccccc3)sc2c(=O)n1C. The zero-order valence-electron chi connectivity index (χ0n) is 17.3. The number of hydrogen-bond donors (Lipinski definition) is 1. The third kappa shape index (κ3) is 4.50. The molecule has 8 heteroatoms. The van der Waals surface area contributed by atoms with Crippen LogP contribution in [-0.2, 0) is 11.8 Å². The zero-order chi connectivity index (χ0) is 22.0. The number of hydrogen-bond acceptors (Lipinski definition) is 6. The van der Waals surface area contributed by atoms with Crippen LogP contribution in [0.5, 0.6) is 5.75 Å². The Labute approximate surface area is 187 Å². The van der Waals surface area contributed by atoms with E-state index in [2.05, 4.69) is 10.3 Å². The Kier molecular flexibility index (Phi) is 6.11. The molecule has 0 aliphatic carbocycles. The Morgan fingerprint density at radius 1 is 1.19 bits per heavy atom. The van der Waals surface area contributed by atoms with Crippen LogP contribution >= 0.6 is 23.1 Å². The number of rotatable bonds is 6. The highest BCUT2D eigenvalue weighted by atomic mass is 32.2. The summed E-state index contributed by atoms with van der Waals surface area (Å²) in [7, 11) is 3.25. The van der Waals surface area contributed by atoms with Gasteiger partial charge in [0.25, 0.3) is 5.56 Å². The lowest BCUT2D eigenvalue weighted by Gasteiger charge is -2.11. The highest BCUT2D eigenvalue weighted by Crippen LogP contribution is 2.32. The smallest absolute Gasteiger partial charge is 0.271 e. The molecule has 0 unspecified atom stereocenters. The summed E-state index contributed by atoms with van der Waals surface area (Å²) in [6.07, 6.45) is 0. The number of thioether (sulfide) groups is 1. The standard InChI is InChI=1S/C23H21N3O3S2/c1-14-9-10-18(29-3)16(11-14)24-20(27)13-30-23-25-17-12-19(15-7-5-4-6-8-15)31-21(17)22(28)26(23)2/h4-12H,13H2,1-3H3,(H,24,27). The van der Waals surface area contributed by atoms with Gasteiger partial charge in [0.2, 0.25) is 5.91 Å². The van der Waals surface area contributed by atoms with Crippen LogP contribution in [0.1, 0.15) is 5.56 Å². The number of methoxy groups -OCH3 is 1. The quantitative estimate of drug-likeness (QED) is 0.340. The summed E-state index contributed by atoms with van der Waals surface area (Å²) in [6.45, 7) is 1.95. The van der Waals surface area contributed by atoms with Gasteiger partial charge in [-0.1, -0.05) is 48.2 Å². The van der Waals surface area contributed by atoms with Crippen molar-refractivity contribution in [1.29, 1.82) is 0 Å². The molecule has 1 amide bonds. The molecule has 4 aromatic rings. The van der Waals surface area contributed by atoms with Crippen molar-refractivity contribution in [3.8, 4) is 16.2 Å². The van der Waals surface area contributed by atoms with Gasteiger partial charge in [-0.25, -0.2) is 4.98 Å². The maximum Gasteiger partial charge on any atom is 0.271 e. The van der Waals surface area contributed by atoms with Crippen molar-refractivity contribution in [1.82, 2.24) is 9.55 Å². The lowest BCUT2D eigenvalue weighted by atomic mass is 10.2. The summed E-state index contributed by atoms with van der Waals surface area (Å²) in [5, 5.41) is 3.37. The number of nitrogens with one attached hydrogen (secondary N) is 1. The number of anilines is 1. The minimum atomic E-state index is -0.196. The van der Waals surface area contributed by atoms with Crippen molar-refractivity contribution >= 4 is 44.9 Å². The summed E-state index contributed by atoms with van der Waals surface area (Å²) in [5.41, 5.74) is 3.23. The molecule has 158 valence electrons. The first-order valence-corrected chi connectivity index (χ1v) is 11.4. The minimum absolute atomic E-state index is 0.111. The third-order valence-electron chi connectivity index (χ3n) is 4.73. The minimum Gasteiger partial charge on any atom is -0.495 e. The van der Waals surface area contributed by atoms with Crippen LogP contribution in [0.2, 0.25) is 0 Å². The molecule has 2 aromatic carbocycles. The Morgan fingerprint density at radius 2 is 1.97 bits per heavy atom. The molecule has 0 fully saturated rings. The number of fused-ring (bicyclic) bond motifs is 1. The van der Waals surface area contributed by atoms with Crippen LogP contribution in [0.15, 0.2) is 64.5 Å². The molecular weight excluding hydrogens is 430 g/mol. The summed E-state index contributed by atoms with van der Waals surface area (Å²) >= 11 is 2.66. The van der Waals surface area contributed by atoms with Gasteiger partial charge >= 0.3 is 0 Å². The first-order valence-electron chi connectivity index (χ1n) is 9.59. The van der Waals surface area contributed by atoms with Crippen molar-refractivity contribution in [2.45, 2.75) is 12.1 Å². The van der Waals surface area contributed by atoms with Crippen molar-refractivity contribution in [2.75, 3.05) is 18.2 Å². The summed E-state index contributed by atoms with van der Waals surface area (Å²) in [5.74, 6) is 0.527. The lowest BCUT2D eigenvalue weighted by molar-refractivity contribution is -0.113. The molecule has 0 aliphatic heterocycles. The molecule has 31 heavy (non-hydrogen) atoms. The van der Waals surface area contributed by atoms with Gasteiger partial charge in [-0.2, -0.15) is 0 Å². The zero-order valence-corrected chi connectivity index (χ0v) is 19.0. The normalized spacial score (nSPS) is 10.9. The van der Waals surface area contributed by atoms with Crippen LogP contribution in [0.3, 0.4) is 0 Å². The van der Waals surface area contributed by atoms with E-state index in [1.54, 1.807) is 14.2 Å². The Bertz CT molecular complexity index is 1310. The van der Waals surface area contributed by atoms with Crippen molar-refractivity contribution in [3.63, 3.8) is 0 Å². The summed E-state index contributed by atoms with van der Waals surface area (Å²) in [6, 6.07) is 17.4. The van der Waals surface area contributed by atoms with E-state index in [1.165, 1.54) is 27.7 Å². The van der Waals surface area contributed by atoms with Crippen LogP contribution in [0.4, 0.5) is 5.69 Å². The van der Waals surface area contributed by atoms with Crippen molar-refractivity contribution in [2.24, 2.45) is 7.05 Å². The molecule has 0 saturated carbocycles. The van der Waals surface area contributed by atoms with E-state index in [9.17, 15) is 9.59 Å². The second-order valence-electron chi connectivity index (χ2n) is 6.99. The number of benzene rings is 2. The van der Waals surface area contributed by atoms with Crippen LogP contribution in [0.25, 0.3) is 20.7 Å². The molecule has 2 aromatic heterocycles. The lowest BCUT2D eigenvalue weighted by Crippen LogP contribution is -2.20. The predicted octanol–water partition coefficient (Wildman–Crippen LogP) is 4.71. The summed E-state index contributed by atoms with van der Waals surface area (Å²) in [4.78, 5) is 31.0. The van der Waals surface area contributed by atoms with E-state index in [-0.39, 0.29) is 17.2 Å². The molecule has 4 rings (SSSR count). The van der Waals surface area contributed by atoms with Gasteiger partial charge in [0.1, 0.15) is 10.4 Å². The van der Waals surface area contributed by atoms with E-state index in [4.69, 9.17) is 4.74 Å². The van der Waals surface area contributed by atoms with Gasteiger partial charge in [0.05, 0.1) is 24.1 Å². The van der Waals surface area contributed by atoms with E-state index >= 15 is 0 Å². The molecule has 0 atom stereocenters. The van der Waals surface area contributed by atoms with Crippen molar-refractivity contribution < 1.29 is 9.53 Å². The van der Waals surface area contributed by atoms with E-state index < -0.39 is 0 Å². The number of nitrogens with zero attached hydrogens (tertiary/aromatic N) is 2. The maximum absolute atomic E-state index is 12.9. The van der Waals surface area contributed by atoms with Crippen LogP contribution in [0, 0.1) is 6.92 Å². The number of aromatic nitrogens is 2. The molecule has 1 N–H and O–H groups in total. The highest BCUT2D eigenvalue weighted by Gasteiger charge is 2.15. The number of carbonyl (C=O) groups excluding carboxylic acids is 1. The first-order chi connectivity index (χ1) is 15.0. The molecule has 0 spiro atoms. The van der Waals surface area contributed by atoms with Gasteiger partial charge in [-0.3, -0.25) is 14.2 Å². The van der Waals surface area contributed by atoms with Crippen LogP contribution < -0.4 is 15.6 Å². The van der Waals surface area contributed by atoms with Gasteiger partial charge in [-0.15, -0.1) is 11.3 Å². The number of ether oxygens (including phenoxy) is 1. The number of carbonyl (C=O) groups is 1. The monoisotopic (exact) mass is 451 g/mol. The van der Waals surface area contributed by atoms with Gasteiger partial charge in [0.15, 0.2) is 5.16 Å². The van der Waals surface area contributed by atoms with E-state index in [1.807, 2.05) is 61.5 Å². The molecule has 0 bridgehead atoms. The maximum atomic E-state index is 12.9. The van der Waals surface area contributed by atoms with Gasteiger partial charge in [-0.05, 0) is 36.2 Å². The average molecular weight is 452 g/mol. The largest absolute Gasteiger partial charge is 0.495 e. The second-order valence-corrected chi connectivity index (χ2v) is 8.98. The predicted molar refractivity (Wildman–Crippen MR) is 127 cm³/mol. The number of amides is 1. The molecule has 0 radical (unpaired) electrons. The van der Waals surface area contributed by atoms with Crippen LogP contribution in [-0.4, -0.2) is 28.3 Å². The highest BCUT2D eigenvalue weighted by molar-refractivity contribution is 7.99. The Morgan fingerprint density at radius 3 is 2.71 bits per heavy atom. The fourth-order valence-corrected chi connectivity index (χ4v) is 4.99. The van der Waals surface area contributed by atoms with E-state index in [0.717, 1.165) is 16.0 Å². The third-order valence-corrected chi connectivity index (χ3v) is 6.93. The van der Waals surface area contributed by atoms with Crippen molar-refractivity contribution in [3.05, 3.63) is 70.5 Å². The Hall–Kier alpha value is -3.10. The van der Waals surface area contributed by atoms with E-state index in [0.29, 0.717) is 26.8 Å². The topological polar surface area (TPSA) is 73.2 Å². The first kappa shape index (κ1) is 21.1. The van der Waals surface area contributed by atoms with Gasteiger partial charge < -0.3 is 10.1 Å². The summed E-state index contributed by atoms with van der Waals surface area (Å²) < 4.78 is 7.42. The van der Waals surface area contributed by atoms with Gasteiger partial charge in [0, 0.05) is 11.9 Å². The molecule has 0 aliphatic rings.